The van der Waals surface area contributed by atoms with Gasteiger partial charge in [0.2, 0.25) is 0 Å². The van der Waals surface area contributed by atoms with Gasteiger partial charge in [0.1, 0.15) is 11.2 Å². The van der Waals surface area contributed by atoms with E-state index in [1.165, 1.54) is 104 Å². The van der Waals surface area contributed by atoms with Gasteiger partial charge < -0.3 is 4.42 Å². The molecule has 9 aromatic rings. The predicted molar refractivity (Wildman–Crippen MR) is 236 cm³/mol. The van der Waals surface area contributed by atoms with Crippen molar-refractivity contribution in [1.82, 2.24) is 0 Å². The lowest BCUT2D eigenvalue weighted by molar-refractivity contribution is -0.0399. The molecule has 1 aromatic heterocycles. The van der Waals surface area contributed by atoms with Crippen LogP contribution in [-0.4, -0.2) is 0 Å². The van der Waals surface area contributed by atoms with E-state index in [9.17, 15) is 0 Å². The number of hydrogen-bond acceptors (Lipinski definition) is 1. The Hall–Kier alpha value is -6.18. The molecular formula is C56H42O. The average Bonchev–Trinajstić information content (AvgIpc) is 3.79. The van der Waals surface area contributed by atoms with E-state index in [0.29, 0.717) is 11.8 Å². The van der Waals surface area contributed by atoms with Gasteiger partial charge in [-0.05, 0) is 146 Å². The van der Waals surface area contributed by atoms with Crippen LogP contribution in [0.2, 0.25) is 0 Å². The molecule has 1 spiro atoms. The first-order chi connectivity index (χ1) is 28.2. The van der Waals surface area contributed by atoms with Crippen LogP contribution in [0.25, 0.3) is 88.3 Å². The minimum absolute atomic E-state index is 0.101. The number of furan rings is 1. The van der Waals surface area contributed by atoms with E-state index in [1.807, 2.05) is 0 Å². The van der Waals surface area contributed by atoms with Gasteiger partial charge >= 0.3 is 0 Å². The Morgan fingerprint density at radius 3 is 1.70 bits per heavy atom. The van der Waals surface area contributed by atoms with E-state index < -0.39 is 0 Å². The molecule has 0 saturated heterocycles. The third-order valence-corrected chi connectivity index (χ3v) is 14.9. The van der Waals surface area contributed by atoms with Crippen LogP contribution in [0.3, 0.4) is 0 Å². The van der Waals surface area contributed by atoms with Crippen molar-refractivity contribution in [3.05, 3.63) is 181 Å². The summed E-state index contributed by atoms with van der Waals surface area (Å²) in [6.45, 7) is 0. The largest absolute Gasteiger partial charge is 0.455 e. The fourth-order valence-electron chi connectivity index (χ4n) is 12.8. The fourth-order valence-corrected chi connectivity index (χ4v) is 12.8. The van der Waals surface area contributed by atoms with Crippen molar-refractivity contribution in [2.24, 2.45) is 23.7 Å². The molecule has 5 aliphatic carbocycles. The topological polar surface area (TPSA) is 13.1 Å². The molecule has 1 heteroatoms. The molecule has 1 nitrogen and oxygen atoms in total. The number of benzene rings is 8. The van der Waals surface area contributed by atoms with E-state index in [2.05, 4.69) is 170 Å². The van der Waals surface area contributed by atoms with Crippen LogP contribution >= 0.6 is 0 Å². The second-order valence-corrected chi connectivity index (χ2v) is 17.6. The third kappa shape index (κ3) is 4.52. The minimum Gasteiger partial charge on any atom is -0.455 e. The normalized spacial score (nSPS) is 22.8. The summed E-state index contributed by atoms with van der Waals surface area (Å²) in [4.78, 5) is 0. The molecule has 0 atom stereocenters. The number of para-hydroxylation sites is 2. The molecule has 4 saturated carbocycles. The monoisotopic (exact) mass is 730 g/mol. The van der Waals surface area contributed by atoms with Crippen LogP contribution in [0, 0.1) is 23.7 Å². The van der Waals surface area contributed by atoms with Gasteiger partial charge in [-0.2, -0.15) is 0 Å². The standard InChI is InChI=1S/C56H42O/c1-2-11-43-38(9-1)10-7-14-44(43)39-23-19-36(20-24-39)37-21-25-40(26-22-37)49-33-53-51(32-50(49)48-16-8-15-47-46-13-4-6-18-54(46)57-55(47)48)45-12-3-5-17-52(45)56(53)41-28-34-27-35(30-41)31-42(56)29-34/h1-26,32-35,41-42H,27-31H2. The van der Waals surface area contributed by atoms with E-state index in [-0.39, 0.29) is 5.41 Å². The highest BCUT2D eigenvalue weighted by Gasteiger charge is 2.61. The molecule has 0 unspecified atom stereocenters. The van der Waals surface area contributed by atoms with Crippen molar-refractivity contribution in [3.63, 3.8) is 0 Å². The molecule has 5 aliphatic rings. The first-order valence-corrected chi connectivity index (χ1v) is 21.1. The van der Waals surface area contributed by atoms with Crippen LogP contribution in [-0.2, 0) is 5.41 Å². The van der Waals surface area contributed by atoms with Crippen LogP contribution in [0.1, 0.15) is 43.2 Å². The predicted octanol–water partition coefficient (Wildman–Crippen LogP) is 15.1. The summed E-state index contributed by atoms with van der Waals surface area (Å²) in [7, 11) is 0. The van der Waals surface area contributed by atoms with Gasteiger partial charge in [-0.1, -0.05) is 152 Å². The molecule has 8 aromatic carbocycles. The van der Waals surface area contributed by atoms with Crippen molar-refractivity contribution in [3.8, 4) is 55.6 Å². The highest BCUT2D eigenvalue weighted by molar-refractivity contribution is 6.11. The molecule has 0 aliphatic heterocycles. The van der Waals surface area contributed by atoms with Gasteiger partial charge in [-0.15, -0.1) is 0 Å². The van der Waals surface area contributed by atoms with Crippen LogP contribution in [0.15, 0.2) is 174 Å². The summed E-state index contributed by atoms with van der Waals surface area (Å²) >= 11 is 0. The minimum atomic E-state index is 0.101. The van der Waals surface area contributed by atoms with Gasteiger partial charge in [0, 0.05) is 21.8 Å². The maximum atomic E-state index is 6.75. The molecule has 0 N–H and O–H groups in total. The summed E-state index contributed by atoms with van der Waals surface area (Å²) < 4.78 is 6.75. The molecule has 1 heterocycles. The molecule has 14 rings (SSSR count). The van der Waals surface area contributed by atoms with Gasteiger partial charge in [0.05, 0.1) is 0 Å². The van der Waals surface area contributed by atoms with E-state index in [4.69, 9.17) is 4.42 Å². The first-order valence-electron chi connectivity index (χ1n) is 21.1. The van der Waals surface area contributed by atoms with Crippen molar-refractivity contribution in [2.75, 3.05) is 0 Å². The van der Waals surface area contributed by atoms with Crippen molar-refractivity contribution in [1.29, 1.82) is 0 Å². The zero-order valence-electron chi connectivity index (χ0n) is 31.9. The van der Waals surface area contributed by atoms with Crippen LogP contribution in [0.5, 0.6) is 0 Å². The van der Waals surface area contributed by atoms with Crippen molar-refractivity contribution < 1.29 is 4.42 Å². The second kappa shape index (κ2) is 11.9. The molecule has 57 heavy (non-hydrogen) atoms. The number of rotatable bonds is 4. The Morgan fingerprint density at radius 2 is 0.930 bits per heavy atom. The maximum Gasteiger partial charge on any atom is 0.143 e. The van der Waals surface area contributed by atoms with Gasteiger partial charge in [-0.25, -0.2) is 0 Å². The quantitative estimate of drug-likeness (QED) is 0.176. The van der Waals surface area contributed by atoms with E-state index >= 15 is 0 Å². The number of hydrogen-bond donors (Lipinski definition) is 0. The maximum absolute atomic E-state index is 6.75. The van der Waals surface area contributed by atoms with Gasteiger partial charge in [0.25, 0.3) is 0 Å². The van der Waals surface area contributed by atoms with Gasteiger partial charge in [-0.3, -0.25) is 0 Å². The summed E-state index contributed by atoms with van der Waals surface area (Å²) in [5, 5.41) is 4.91. The zero-order valence-corrected chi connectivity index (χ0v) is 31.9. The molecule has 0 radical (unpaired) electrons. The summed E-state index contributed by atoms with van der Waals surface area (Å²) in [6.07, 6.45) is 6.98. The van der Waals surface area contributed by atoms with Crippen LogP contribution < -0.4 is 0 Å². The Bertz CT molecular complexity index is 3030. The second-order valence-electron chi connectivity index (χ2n) is 17.6. The van der Waals surface area contributed by atoms with E-state index in [0.717, 1.165) is 28.6 Å². The molecule has 4 bridgehead atoms. The lowest BCUT2D eigenvalue weighted by Crippen LogP contribution is -2.55. The molecule has 272 valence electrons. The smallest absolute Gasteiger partial charge is 0.143 e. The Kier molecular flexibility index (Phi) is 6.68. The van der Waals surface area contributed by atoms with Crippen molar-refractivity contribution >= 4 is 32.7 Å². The van der Waals surface area contributed by atoms with E-state index in [1.54, 1.807) is 11.1 Å². The third-order valence-electron chi connectivity index (χ3n) is 14.9. The Balaban J connectivity index is 0.982. The SMILES string of the molecule is c1ccc2c(c1)-c1cc(-c3cccc4c3oc3ccccc34)c(-c3ccc(-c4ccc(-c5cccc6ccccc56)cc4)cc3)cc1C21C2CC3CC(C2)CC1C3. The zero-order chi connectivity index (χ0) is 37.2. The Morgan fingerprint density at radius 1 is 0.368 bits per heavy atom. The lowest BCUT2D eigenvalue weighted by Gasteiger charge is -2.61. The van der Waals surface area contributed by atoms with Gasteiger partial charge in [0.15, 0.2) is 0 Å². The highest BCUT2D eigenvalue weighted by atomic mass is 16.3. The van der Waals surface area contributed by atoms with Crippen molar-refractivity contribution in [2.45, 2.75) is 37.5 Å². The summed E-state index contributed by atoms with van der Waals surface area (Å²) in [5.41, 5.74) is 18.0. The summed E-state index contributed by atoms with van der Waals surface area (Å²) in [5.74, 6) is 3.25. The lowest BCUT2D eigenvalue weighted by atomic mass is 9.43. The number of fused-ring (bicyclic) bond motifs is 7. The Labute approximate surface area is 333 Å². The summed E-state index contributed by atoms with van der Waals surface area (Å²) in [6, 6.07) is 63.7. The first kappa shape index (κ1) is 32.0. The molecule has 0 amide bonds. The molecule has 4 fully saturated rings. The average molecular weight is 731 g/mol. The fraction of sp³-hybridized carbons (Fsp3) is 0.179. The molecular weight excluding hydrogens is 689 g/mol. The van der Waals surface area contributed by atoms with Crippen LogP contribution in [0.4, 0.5) is 0 Å². The highest BCUT2D eigenvalue weighted by Crippen LogP contribution is 2.70.